The van der Waals surface area contributed by atoms with Crippen molar-refractivity contribution in [2.45, 2.75) is 51.4 Å². The van der Waals surface area contributed by atoms with Gasteiger partial charge in [0.15, 0.2) is 0 Å². The van der Waals surface area contributed by atoms with Crippen molar-refractivity contribution in [2.24, 2.45) is 0 Å². The van der Waals surface area contributed by atoms with Crippen molar-refractivity contribution >= 4 is 0 Å². The summed E-state index contributed by atoms with van der Waals surface area (Å²) in [6.07, 6.45) is 7.35. The maximum Gasteiger partial charge on any atom is 0.130 e. The zero-order valence-electron chi connectivity index (χ0n) is 20.4. The normalized spacial score (nSPS) is 14.8. The summed E-state index contributed by atoms with van der Waals surface area (Å²) >= 11 is 0. The van der Waals surface area contributed by atoms with Crippen molar-refractivity contribution in [3.63, 3.8) is 0 Å². The Labute approximate surface area is 208 Å². The molecule has 1 N–H and O–H groups in total. The number of methoxy groups -OCH3 is 1. The molecule has 0 radical (unpaired) electrons. The van der Waals surface area contributed by atoms with Gasteiger partial charge in [0.25, 0.3) is 0 Å². The van der Waals surface area contributed by atoms with Crippen molar-refractivity contribution in [2.75, 3.05) is 7.11 Å². The van der Waals surface area contributed by atoms with Crippen LogP contribution < -0.4 is 4.74 Å². The molecule has 0 fully saturated rings. The average Bonchev–Trinajstić information content (AvgIpc) is 2.87. The Bertz CT molecular complexity index is 1360. The van der Waals surface area contributed by atoms with Gasteiger partial charge >= 0.3 is 0 Å². The summed E-state index contributed by atoms with van der Waals surface area (Å²) in [5.41, 5.74) is 12.1. The van der Waals surface area contributed by atoms with Crippen LogP contribution in [0.3, 0.4) is 0 Å². The van der Waals surface area contributed by atoms with Crippen molar-refractivity contribution < 1.29 is 9.84 Å². The number of ether oxygens (including phenoxy) is 1. The molecule has 0 heterocycles. The molecule has 2 heteroatoms. The third-order valence-electron chi connectivity index (χ3n) is 7.91. The second kappa shape index (κ2) is 9.26. The van der Waals surface area contributed by atoms with E-state index in [-0.39, 0.29) is 0 Å². The zero-order chi connectivity index (χ0) is 23.8. The molecule has 4 aromatic rings. The van der Waals surface area contributed by atoms with Crippen LogP contribution in [0.15, 0.2) is 72.8 Å². The number of phenolic OH excluding ortho intramolecular Hbond substituents is 1. The SMILES string of the molecule is COc1c2ccc(c1-c1c3ccc(c1O)CCc1ccc(cc1)CC3)CCc1ccc(cc1)CC2. The van der Waals surface area contributed by atoms with E-state index in [2.05, 4.69) is 72.8 Å². The van der Waals surface area contributed by atoms with Crippen LogP contribution in [-0.2, 0) is 51.4 Å². The molecule has 8 aliphatic carbocycles. The van der Waals surface area contributed by atoms with Gasteiger partial charge in [-0.25, -0.2) is 0 Å². The van der Waals surface area contributed by atoms with Crippen molar-refractivity contribution in [1.29, 1.82) is 0 Å². The Balaban J connectivity index is 1.53. The first-order valence-electron chi connectivity index (χ1n) is 12.9. The summed E-state index contributed by atoms with van der Waals surface area (Å²) in [6, 6.07) is 27.0. The summed E-state index contributed by atoms with van der Waals surface area (Å²) in [7, 11) is 1.78. The molecular weight excluding hydrogens is 428 g/mol. The van der Waals surface area contributed by atoms with Gasteiger partial charge in [-0.15, -0.1) is 0 Å². The van der Waals surface area contributed by atoms with E-state index in [9.17, 15) is 5.11 Å². The van der Waals surface area contributed by atoms with Crippen LogP contribution in [0.5, 0.6) is 11.5 Å². The lowest BCUT2D eigenvalue weighted by Gasteiger charge is -2.23. The average molecular weight is 461 g/mol. The van der Waals surface area contributed by atoms with Gasteiger partial charge in [-0.3, -0.25) is 0 Å². The molecule has 0 atom stereocenters. The largest absolute Gasteiger partial charge is 0.507 e. The summed E-state index contributed by atoms with van der Waals surface area (Å²) in [5, 5.41) is 11.8. The first-order valence-corrected chi connectivity index (χ1v) is 12.9. The van der Waals surface area contributed by atoms with Gasteiger partial charge in [0.2, 0.25) is 0 Å². The molecule has 8 aliphatic rings. The predicted octanol–water partition coefficient (Wildman–Crippen LogP) is 6.84. The van der Waals surface area contributed by atoms with Gasteiger partial charge in [0.05, 0.1) is 7.11 Å². The van der Waals surface area contributed by atoms with Crippen LogP contribution >= 0.6 is 0 Å². The van der Waals surface area contributed by atoms with Crippen molar-refractivity contribution in [1.82, 2.24) is 0 Å². The second-order valence-electron chi connectivity index (χ2n) is 10.0. The highest BCUT2D eigenvalue weighted by atomic mass is 16.5. The molecule has 2 nitrogen and oxygen atoms in total. The Morgan fingerprint density at radius 1 is 0.457 bits per heavy atom. The van der Waals surface area contributed by atoms with Crippen LogP contribution in [0, 0.1) is 0 Å². The van der Waals surface area contributed by atoms with Crippen LogP contribution in [0.1, 0.15) is 44.5 Å². The molecule has 0 spiro atoms. The minimum Gasteiger partial charge on any atom is -0.507 e. The van der Waals surface area contributed by atoms with Crippen LogP contribution in [0.25, 0.3) is 11.1 Å². The molecule has 176 valence electrons. The lowest BCUT2D eigenvalue weighted by Crippen LogP contribution is -2.07. The molecule has 4 aromatic carbocycles. The minimum absolute atomic E-state index is 0.435. The fourth-order valence-electron chi connectivity index (χ4n) is 5.81. The standard InChI is InChI=1S/C33H32O2/c1-35-33-29-17-13-25-8-4-23(5-9-25)11-15-27(19-21-29)31(33)30-26-14-10-22-2-6-24(7-3-22)12-16-28(20-18-26)32(30)34/h2-9,18-21,34H,10-17H2,1H3. The smallest absolute Gasteiger partial charge is 0.130 e. The van der Waals surface area contributed by atoms with E-state index in [1.807, 2.05) is 0 Å². The number of rotatable bonds is 2. The molecule has 12 rings (SSSR count). The highest BCUT2D eigenvalue weighted by molar-refractivity contribution is 5.83. The van der Waals surface area contributed by atoms with Gasteiger partial charge in [0, 0.05) is 11.1 Å². The Morgan fingerprint density at radius 3 is 1.31 bits per heavy atom. The number of phenols is 1. The summed E-state index contributed by atoms with van der Waals surface area (Å²) < 4.78 is 6.15. The molecule has 0 aliphatic heterocycles. The first-order chi connectivity index (χ1) is 17.2. The third-order valence-corrected chi connectivity index (χ3v) is 7.91. The van der Waals surface area contributed by atoms with Crippen LogP contribution in [0.2, 0.25) is 0 Å². The van der Waals surface area contributed by atoms with Crippen molar-refractivity contribution in [3.8, 4) is 22.6 Å². The van der Waals surface area contributed by atoms with Gasteiger partial charge in [-0.1, -0.05) is 72.8 Å². The monoisotopic (exact) mass is 460 g/mol. The predicted molar refractivity (Wildman–Crippen MR) is 143 cm³/mol. The highest BCUT2D eigenvalue weighted by Gasteiger charge is 2.24. The van der Waals surface area contributed by atoms with E-state index >= 15 is 0 Å². The van der Waals surface area contributed by atoms with Gasteiger partial charge in [-0.2, -0.15) is 0 Å². The number of aromatic hydroxyl groups is 1. The molecule has 0 saturated carbocycles. The molecule has 0 aromatic heterocycles. The van der Waals surface area contributed by atoms with E-state index in [0.717, 1.165) is 73.8 Å². The minimum atomic E-state index is 0.435. The highest BCUT2D eigenvalue weighted by Crippen LogP contribution is 2.45. The van der Waals surface area contributed by atoms with E-state index in [4.69, 9.17) is 4.74 Å². The summed E-state index contributed by atoms with van der Waals surface area (Å²) in [4.78, 5) is 0. The lowest BCUT2D eigenvalue weighted by molar-refractivity contribution is 0.410. The Hall–Kier alpha value is -3.52. The molecular formula is C33H32O2. The van der Waals surface area contributed by atoms with E-state index in [1.165, 1.54) is 38.9 Å². The second-order valence-corrected chi connectivity index (χ2v) is 10.0. The fourth-order valence-corrected chi connectivity index (χ4v) is 5.81. The summed E-state index contributed by atoms with van der Waals surface area (Å²) in [5.74, 6) is 1.37. The first kappa shape index (κ1) is 22.0. The van der Waals surface area contributed by atoms with Gasteiger partial charge in [-0.05, 0) is 95.9 Å². The molecule has 0 unspecified atom stereocenters. The van der Waals surface area contributed by atoms with Crippen molar-refractivity contribution in [3.05, 3.63) is 117 Å². The molecule has 0 saturated heterocycles. The number of benzene rings is 4. The van der Waals surface area contributed by atoms with Crippen LogP contribution in [0.4, 0.5) is 0 Å². The van der Waals surface area contributed by atoms with E-state index < -0.39 is 0 Å². The third kappa shape index (κ3) is 4.23. The molecule has 0 amide bonds. The van der Waals surface area contributed by atoms with Gasteiger partial charge < -0.3 is 9.84 Å². The molecule has 8 bridgehead atoms. The zero-order valence-corrected chi connectivity index (χ0v) is 20.4. The van der Waals surface area contributed by atoms with E-state index in [0.29, 0.717) is 5.75 Å². The van der Waals surface area contributed by atoms with Gasteiger partial charge in [0.1, 0.15) is 11.5 Å². The van der Waals surface area contributed by atoms with Crippen LogP contribution in [-0.4, -0.2) is 12.2 Å². The molecule has 35 heavy (non-hydrogen) atoms. The van der Waals surface area contributed by atoms with E-state index in [1.54, 1.807) is 7.11 Å². The topological polar surface area (TPSA) is 29.5 Å². The number of aryl methyl sites for hydroxylation is 8. The number of hydrogen-bond acceptors (Lipinski definition) is 2. The maximum atomic E-state index is 11.8. The fraction of sp³-hybridized carbons (Fsp3) is 0.273. The Kier molecular flexibility index (Phi) is 5.82. The maximum absolute atomic E-state index is 11.8. The lowest BCUT2D eigenvalue weighted by atomic mass is 9.84. The quantitative estimate of drug-likeness (QED) is 0.355. The number of hydrogen-bond donors (Lipinski definition) is 1. The summed E-state index contributed by atoms with van der Waals surface area (Å²) in [6.45, 7) is 0. The Morgan fingerprint density at radius 2 is 0.829 bits per heavy atom.